The van der Waals surface area contributed by atoms with E-state index in [2.05, 4.69) is 19.9 Å². The van der Waals surface area contributed by atoms with E-state index in [4.69, 9.17) is 10.1 Å². The lowest BCUT2D eigenvalue weighted by Gasteiger charge is -2.34. The maximum absolute atomic E-state index is 9.10. The van der Waals surface area contributed by atoms with Crippen molar-refractivity contribution in [3.8, 4) is 0 Å². The zero-order chi connectivity index (χ0) is 16.1. The molecular weight excluding hydrogens is 324 g/mol. The van der Waals surface area contributed by atoms with Crippen molar-refractivity contribution in [2.45, 2.75) is 19.3 Å². The molecule has 1 N–H and O–H groups in total. The predicted molar refractivity (Wildman–Crippen MR) is 93.9 cm³/mol. The molecule has 4 heterocycles. The number of aliphatic hydroxyl groups excluding tert-OH is 1. The fourth-order valence-electron chi connectivity index (χ4n) is 3.91. The van der Waals surface area contributed by atoms with Gasteiger partial charge in [-0.15, -0.1) is 11.3 Å². The van der Waals surface area contributed by atoms with Gasteiger partial charge in [-0.05, 0) is 24.8 Å². The van der Waals surface area contributed by atoms with Crippen LogP contribution in [-0.4, -0.2) is 68.9 Å². The van der Waals surface area contributed by atoms with Crippen molar-refractivity contribution in [3.05, 3.63) is 16.8 Å². The van der Waals surface area contributed by atoms with Gasteiger partial charge in [0.25, 0.3) is 0 Å². The molecule has 7 nitrogen and oxygen atoms in total. The first-order chi connectivity index (χ1) is 11.8. The van der Waals surface area contributed by atoms with Crippen LogP contribution in [0, 0.1) is 0 Å². The van der Waals surface area contributed by atoms with E-state index in [1.165, 1.54) is 28.7 Å². The number of β-amino-alcohol motifs (C(OH)–C–C–N with tert-alkyl or cyclic N) is 1. The van der Waals surface area contributed by atoms with Gasteiger partial charge in [-0.1, -0.05) is 0 Å². The van der Waals surface area contributed by atoms with Gasteiger partial charge in [-0.3, -0.25) is 4.90 Å². The van der Waals surface area contributed by atoms with Crippen LogP contribution in [0.2, 0.25) is 0 Å². The van der Waals surface area contributed by atoms with Crippen molar-refractivity contribution in [1.82, 2.24) is 24.5 Å². The molecule has 3 aromatic rings. The largest absolute Gasteiger partial charge is 0.395 e. The van der Waals surface area contributed by atoms with Gasteiger partial charge in [-0.2, -0.15) is 9.61 Å². The van der Waals surface area contributed by atoms with Crippen LogP contribution < -0.4 is 4.90 Å². The topological polar surface area (TPSA) is 69.8 Å². The Kier molecular flexibility index (Phi) is 3.43. The quantitative estimate of drug-likeness (QED) is 0.763. The summed E-state index contributed by atoms with van der Waals surface area (Å²) in [4.78, 5) is 16.7. The Hall–Kier alpha value is -1.77. The van der Waals surface area contributed by atoms with Gasteiger partial charge in [0, 0.05) is 37.6 Å². The molecule has 2 aliphatic rings. The summed E-state index contributed by atoms with van der Waals surface area (Å²) >= 11 is 1.83. The van der Waals surface area contributed by atoms with Gasteiger partial charge in [0.05, 0.1) is 12.0 Å². The third-order valence-corrected chi connectivity index (χ3v) is 6.32. The molecule has 1 aliphatic heterocycles. The smallest absolute Gasteiger partial charge is 0.230 e. The van der Waals surface area contributed by atoms with Crippen LogP contribution in [0.25, 0.3) is 15.9 Å². The van der Waals surface area contributed by atoms with E-state index in [0.717, 1.165) is 55.6 Å². The number of hydrogen-bond acceptors (Lipinski definition) is 7. The highest BCUT2D eigenvalue weighted by Gasteiger charge is 2.26. The lowest BCUT2D eigenvalue weighted by atomic mass is 10.2. The lowest BCUT2D eigenvalue weighted by molar-refractivity contribution is 0.188. The highest BCUT2D eigenvalue weighted by Crippen LogP contribution is 2.39. The summed E-state index contributed by atoms with van der Waals surface area (Å²) in [5.74, 6) is 0.901. The Bertz CT molecular complexity index is 895. The van der Waals surface area contributed by atoms with Crippen molar-refractivity contribution in [1.29, 1.82) is 0 Å². The predicted octanol–water partition coefficient (Wildman–Crippen LogP) is 0.942. The van der Waals surface area contributed by atoms with Gasteiger partial charge >= 0.3 is 0 Å². The van der Waals surface area contributed by atoms with Gasteiger partial charge in [0.15, 0.2) is 5.65 Å². The molecule has 0 amide bonds. The van der Waals surface area contributed by atoms with Crippen molar-refractivity contribution < 1.29 is 5.11 Å². The summed E-state index contributed by atoms with van der Waals surface area (Å²) in [6, 6.07) is 0. The Labute approximate surface area is 143 Å². The second kappa shape index (κ2) is 5.65. The third kappa shape index (κ3) is 2.13. The van der Waals surface area contributed by atoms with Crippen LogP contribution in [-0.2, 0) is 12.8 Å². The first-order valence-electron chi connectivity index (χ1n) is 8.57. The summed E-state index contributed by atoms with van der Waals surface area (Å²) < 4.78 is 1.91. The summed E-state index contributed by atoms with van der Waals surface area (Å²) in [6.45, 7) is 4.65. The molecule has 8 heteroatoms. The molecule has 1 aliphatic carbocycles. The number of nitrogens with zero attached hydrogens (tertiary/aromatic N) is 6. The summed E-state index contributed by atoms with van der Waals surface area (Å²) in [7, 11) is 0. The molecule has 3 aromatic heterocycles. The van der Waals surface area contributed by atoms with Gasteiger partial charge in [0.1, 0.15) is 11.2 Å². The number of aromatic nitrogens is 4. The summed E-state index contributed by atoms with van der Waals surface area (Å²) in [5.41, 5.74) is 2.40. The van der Waals surface area contributed by atoms with Gasteiger partial charge < -0.3 is 10.0 Å². The first-order valence-corrected chi connectivity index (χ1v) is 9.39. The molecule has 0 bridgehead atoms. The lowest BCUT2D eigenvalue weighted by Crippen LogP contribution is -2.48. The zero-order valence-electron chi connectivity index (χ0n) is 13.5. The fraction of sp³-hybridized carbons (Fsp3) is 0.562. The minimum absolute atomic E-state index is 0.221. The number of rotatable bonds is 3. The Balaban J connectivity index is 1.58. The van der Waals surface area contributed by atoms with Crippen LogP contribution in [0.3, 0.4) is 0 Å². The number of thiophene rings is 1. The highest BCUT2D eigenvalue weighted by molar-refractivity contribution is 7.19. The Morgan fingerprint density at radius 3 is 2.88 bits per heavy atom. The summed E-state index contributed by atoms with van der Waals surface area (Å²) in [6.07, 6.45) is 5.19. The number of hydrogen-bond donors (Lipinski definition) is 1. The molecule has 1 fully saturated rings. The van der Waals surface area contributed by atoms with Gasteiger partial charge in [-0.25, -0.2) is 9.97 Å². The number of anilines is 1. The molecule has 0 atom stereocenters. The van der Waals surface area contributed by atoms with Crippen LogP contribution >= 0.6 is 11.3 Å². The Morgan fingerprint density at radius 1 is 1.17 bits per heavy atom. The number of aliphatic hydroxyl groups is 1. The van der Waals surface area contributed by atoms with Crippen molar-refractivity contribution >= 4 is 33.1 Å². The zero-order valence-corrected chi connectivity index (χ0v) is 14.3. The van der Waals surface area contributed by atoms with E-state index < -0.39 is 0 Å². The third-order valence-electron chi connectivity index (χ3n) is 5.14. The maximum Gasteiger partial charge on any atom is 0.230 e. The van der Waals surface area contributed by atoms with Crippen molar-refractivity contribution in [2.24, 2.45) is 0 Å². The standard InChI is InChI=1S/C16H20N6OS/c23-9-8-20-4-6-21(7-5-20)16-19-15-13(14-17-10-18-22(14)16)11-2-1-3-12(11)24-15/h10,23H,1-9H2. The second-order valence-electron chi connectivity index (χ2n) is 6.50. The normalized spacial score (nSPS) is 18.8. The fourth-order valence-corrected chi connectivity index (χ4v) is 5.16. The minimum atomic E-state index is 0.221. The second-order valence-corrected chi connectivity index (χ2v) is 7.58. The average Bonchev–Trinajstić information content (AvgIpc) is 3.29. The molecular formula is C16H20N6OS. The summed E-state index contributed by atoms with van der Waals surface area (Å²) in [5, 5.41) is 14.8. The molecule has 24 heavy (non-hydrogen) atoms. The van der Waals surface area contributed by atoms with Crippen LogP contribution in [0.1, 0.15) is 16.9 Å². The molecule has 0 radical (unpaired) electrons. The van der Waals surface area contributed by atoms with Crippen LogP contribution in [0.5, 0.6) is 0 Å². The molecule has 126 valence electrons. The number of piperazine rings is 1. The SMILES string of the molecule is OCCN1CCN(c2nc3sc4c(c3c3ncnn23)CCC4)CC1. The van der Waals surface area contributed by atoms with E-state index in [1.807, 2.05) is 15.9 Å². The molecule has 0 saturated carbocycles. The van der Waals surface area contributed by atoms with Crippen molar-refractivity contribution in [3.63, 3.8) is 0 Å². The number of aryl methyl sites for hydroxylation is 2. The van der Waals surface area contributed by atoms with Crippen molar-refractivity contribution in [2.75, 3.05) is 44.2 Å². The monoisotopic (exact) mass is 344 g/mol. The van der Waals surface area contributed by atoms with Gasteiger partial charge in [0.2, 0.25) is 5.95 Å². The van der Waals surface area contributed by atoms with Crippen LogP contribution in [0.4, 0.5) is 5.95 Å². The van der Waals surface area contributed by atoms with E-state index in [0.29, 0.717) is 0 Å². The van der Waals surface area contributed by atoms with E-state index in [9.17, 15) is 0 Å². The van der Waals surface area contributed by atoms with Crippen LogP contribution in [0.15, 0.2) is 6.33 Å². The highest BCUT2D eigenvalue weighted by atomic mass is 32.1. The molecule has 1 saturated heterocycles. The van der Waals surface area contributed by atoms with E-state index in [1.54, 1.807) is 6.33 Å². The molecule has 0 spiro atoms. The molecule has 0 unspecified atom stereocenters. The average molecular weight is 344 g/mol. The van der Waals surface area contributed by atoms with E-state index >= 15 is 0 Å². The Morgan fingerprint density at radius 2 is 2.04 bits per heavy atom. The maximum atomic E-state index is 9.10. The van der Waals surface area contributed by atoms with E-state index in [-0.39, 0.29) is 6.61 Å². The minimum Gasteiger partial charge on any atom is -0.395 e. The molecule has 0 aromatic carbocycles. The number of fused-ring (bicyclic) bond motifs is 5. The molecule has 5 rings (SSSR count). The first kappa shape index (κ1) is 14.6.